The standard InChI is InChI=1S/C25H37N7O4/c1-5-19-10-21(36-29-19)24(33)26-23-20-14-32(17(4)22(20)27-28-23)25(34)31-12-15(2)30(11-16(31)3)13-18-6-8-35-9-7-18/h10,15-18H,5-9,11-14H2,1-4H3,(H2,26,27,28,33)/t15-,16-,17?/m1/s1. The van der Waals surface area contributed by atoms with E-state index in [2.05, 4.69) is 39.4 Å². The van der Waals surface area contributed by atoms with Crippen molar-refractivity contribution in [1.29, 1.82) is 0 Å². The van der Waals surface area contributed by atoms with Gasteiger partial charge in [0.25, 0.3) is 5.91 Å². The van der Waals surface area contributed by atoms with Crippen LogP contribution in [0.2, 0.25) is 0 Å². The molecule has 3 aliphatic rings. The van der Waals surface area contributed by atoms with E-state index in [0.717, 1.165) is 50.4 Å². The van der Waals surface area contributed by atoms with Gasteiger partial charge in [-0.3, -0.25) is 14.8 Å². The highest BCUT2D eigenvalue weighted by Gasteiger charge is 2.41. The Balaban J connectivity index is 1.22. The maximum Gasteiger partial charge on any atom is 0.321 e. The van der Waals surface area contributed by atoms with Crippen LogP contribution < -0.4 is 5.32 Å². The van der Waals surface area contributed by atoms with Gasteiger partial charge in [0.1, 0.15) is 0 Å². The van der Waals surface area contributed by atoms with Gasteiger partial charge in [-0.25, -0.2) is 4.79 Å². The van der Waals surface area contributed by atoms with E-state index in [0.29, 0.717) is 43.0 Å². The minimum Gasteiger partial charge on any atom is -0.381 e. The van der Waals surface area contributed by atoms with Crippen LogP contribution in [0.5, 0.6) is 0 Å². The summed E-state index contributed by atoms with van der Waals surface area (Å²) in [4.78, 5) is 32.7. The number of nitrogens with one attached hydrogen (secondary N) is 2. The van der Waals surface area contributed by atoms with Gasteiger partial charge < -0.3 is 24.4 Å². The van der Waals surface area contributed by atoms with Gasteiger partial charge in [-0.15, -0.1) is 0 Å². The SMILES string of the molecule is CCc1cc(C(=O)Nc2n[nH]c3c2CN(C(=O)N2C[C@@H](C)N(CC4CCOCC4)C[C@H]2C)C3C)on1. The molecule has 2 fully saturated rings. The van der Waals surface area contributed by atoms with E-state index in [1.54, 1.807) is 6.07 Å². The Kier molecular flexibility index (Phi) is 7.03. The van der Waals surface area contributed by atoms with Crippen LogP contribution in [-0.4, -0.2) is 86.9 Å². The van der Waals surface area contributed by atoms with Gasteiger partial charge in [0.05, 0.1) is 24.0 Å². The Morgan fingerprint density at radius 1 is 1.14 bits per heavy atom. The maximum atomic E-state index is 13.7. The molecule has 3 amide bonds. The summed E-state index contributed by atoms with van der Waals surface area (Å²) in [7, 11) is 0. The summed E-state index contributed by atoms with van der Waals surface area (Å²) < 4.78 is 10.7. The lowest BCUT2D eigenvalue weighted by molar-refractivity contribution is 0.0127. The molecule has 2 N–H and O–H groups in total. The Hall–Kier alpha value is -2.92. The van der Waals surface area contributed by atoms with Crippen LogP contribution >= 0.6 is 0 Å². The summed E-state index contributed by atoms with van der Waals surface area (Å²) in [6, 6.07) is 1.92. The van der Waals surface area contributed by atoms with E-state index in [1.807, 2.05) is 23.6 Å². The Labute approximate surface area is 211 Å². The van der Waals surface area contributed by atoms with Gasteiger partial charge in [-0.2, -0.15) is 5.10 Å². The van der Waals surface area contributed by atoms with Crippen molar-refractivity contribution in [2.45, 2.75) is 71.6 Å². The normalized spacial score (nSPS) is 25.3. The first kappa shape index (κ1) is 24.8. The quantitative estimate of drug-likeness (QED) is 0.649. The highest BCUT2D eigenvalue weighted by atomic mass is 16.5. The van der Waals surface area contributed by atoms with Crippen molar-refractivity contribution in [1.82, 2.24) is 30.1 Å². The molecule has 11 heteroatoms. The number of amides is 3. The summed E-state index contributed by atoms with van der Waals surface area (Å²) in [5.74, 6) is 0.835. The summed E-state index contributed by atoms with van der Waals surface area (Å²) in [5.41, 5.74) is 2.40. The number of fused-ring (bicyclic) bond motifs is 1. The summed E-state index contributed by atoms with van der Waals surface area (Å²) >= 11 is 0. The number of aromatic nitrogens is 3. The monoisotopic (exact) mass is 499 g/mol. The molecule has 0 aromatic carbocycles. The molecule has 11 nitrogen and oxygen atoms in total. The number of anilines is 1. The van der Waals surface area contributed by atoms with Crippen molar-refractivity contribution in [3.63, 3.8) is 0 Å². The van der Waals surface area contributed by atoms with Crippen LogP contribution in [0.4, 0.5) is 10.6 Å². The smallest absolute Gasteiger partial charge is 0.321 e. The molecule has 5 heterocycles. The molecule has 3 aliphatic heterocycles. The number of carbonyl (C=O) groups is 2. The Morgan fingerprint density at radius 3 is 2.64 bits per heavy atom. The van der Waals surface area contributed by atoms with Crippen LogP contribution in [0.3, 0.4) is 0 Å². The number of nitrogens with zero attached hydrogens (tertiary/aromatic N) is 5. The number of aromatic amines is 1. The third kappa shape index (κ3) is 4.73. The van der Waals surface area contributed by atoms with E-state index >= 15 is 0 Å². The van der Waals surface area contributed by atoms with Gasteiger partial charge in [0, 0.05) is 56.6 Å². The first-order valence-corrected chi connectivity index (χ1v) is 13.1. The molecular formula is C25H37N7O4. The van der Waals surface area contributed by atoms with Gasteiger partial charge in [0.2, 0.25) is 5.76 Å². The second-order valence-electron chi connectivity index (χ2n) is 10.4. The molecule has 36 heavy (non-hydrogen) atoms. The van der Waals surface area contributed by atoms with Crippen molar-refractivity contribution in [2.75, 3.05) is 38.2 Å². The van der Waals surface area contributed by atoms with Crippen LogP contribution in [0, 0.1) is 5.92 Å². The predicted molar refractivity (Wildman–Crippen MR) is 133 cm³/mol. The number of carbonyl (C=O) groups excluding carboxylic acids is 2. The maximum absolute atomic E-state index is 13.7. The molecular weight excluding hydrogens is 462 g/mol. The minimum absolute atomic E-state index is 0.0252. The molecule has 2 aromatic heterocycles. The van der Waals surface area contributed by atoms with E-state index < -0.39 is 5.91 Å². The fourth-order valence-corrected chi connectivity index (χ4v) is 5.58. The van der Waals surface area contributed by atoms with E-state index in [1.165, 1.54) is 0 Å². The third-order valence-corrected chi connectivity index (χ3v) is 7.93. The predicted octanol–water partition coefficient (Wildman–Crippen LogP) is 3.03. The Bertz CT molecular complexity index is 1090. The number of ether oxygens (including phenoxy) is 1. The number of aryl methyl sites for hydroxylation is 1. The average molecular weight is 500 g/mol. The molecule has 196 valence electrons. The van der Waals surface area contributed by atoms with E-state index in [-0.39, 0.29) is 23.9 Å². The number of hydrogen-bond acceptors (Lipinski definition) is 7. The molecule has 2 aromatic rings. The van der Waals surface area contributed by atoms with Gasteiger partial charge in [-0.1, -0.05) is 12.1 Å². The second kappa shape index (κ2) is 10.2. The number of piperazine rings is 1. The molecule has 3 atom stereocenters. The second-order valence-corrected chi connectivity index (χ2v) is 10.4. The van der Waals surface area contributed by atoms with Gasteiger partial charge in [0.15, 0.2) is 5.82 Å². The summed E-state index contributed by atoms with van der Waals surface area (Å²) in [5, 5.41) is 14.0. The molecule has 0 spiro atoms. The highest BCUT2D eigenvalue weighted by molar-refractivity contribution is 6.02. The summed E-state index contributed by atoms with van der Waals surface area (Å²) in [6.07, 6.45) is 2.92. The number of hydrogen-bond donors (Lipinski definition) is 2. The van der Waals surface area contributed by atoms with E-state index in [9.17, 15) is 9.59 Å². The zero-order valence-electron chi connectivity index (χ0n) is 21.6. The van der Waals surface area contributed by atoms with Crippen LogP contribution in [0.15, 0.2) is 10.6 Å². The Morgan fingerprint density at radius 2 is 1.92 bits per heavy atom. The van der Waals surface area contributed by atoms with Crippen molar-refractivity contribution in [3.05, 3.63) is 28.8 Å². The van der Waals surface area contributed by atoms with Crippen molar-refractivity contribution < 1.29 is 18.8 Å². The fraction of sp³-hybridized carbons (Fsp3) is 0.680. The number of urea groups is 1. The van der Waals surface area contributed by atoms with Crippen molar-refractivity contribution >= 4 is 17.8 Å². The lowest BCUT2D eigenvalue weighted by Gasteiger charge is -2.46. The zero-order chi connectivity index (χ0) is 25.4. The molecule has 0 aliphatic carbocycles. The molecule has 2 saturated heterocycles. The van der Waals surface area contributed by atoms with Crippen molar-refractivity contribution in [2.24, 2.45) is 5.92 Å². The molecule has 0 radical (unpaired) electrons. The lowest BCUT2D eigenvalue weighted by atomic mass is 9.97. The van der Waals surface area contributed by atoms with Crippen LogP contribution in [0.25, 0.3) is 0 Å². The van der Waals surface area contributed by atoms with Crippen LogP contribution in [-0.2, 0) is 17.7 Å². The number of rotatable bonds is 5. The first-order chi connectivity index (χ1) is 17.4. The van der Waals surface area contributed by atoms with Gasteiger partial charge >= 0.3 is 6.03 Å². The molecule has 0 bridgehead atoms. The molecule has 5 rings (SSSR count). The summed E-state index contributed by atoms with van der Waals surface area (Å²) in [6.45, 7) is 13.0. The third-order valence-electron chi connectivity index (χ3n) is 7.93. The van der Waals surface area contributed by atoms with Crippen molar-refractivity contribution in [3.8, 4) is 0 Å². The fourth-order valence-electron chi connectivity index (χ4n) is 5.58. The number of H-pyrrole nitrogens is 1. The highest BCUT2D eigenvalue weighted by Crippen LogP contribution is 2.37. The zero-order valence-corrected chi connectivity index (χ0v) is 21.6. The van der Waals surface area contributed by atoms with Gasteiger partial charge in [-0.05, 0) is 46.0 Å². The average Bonchev–Trinajstić information content (AvgIpc) is 3.59. The topological polar surface area (TPSA) is 120 Å². The minimum atomic E-state index is -0.406. The van der Waals surface area contributed by atoms with E-state index in [4.69, 9.17) is 9.26 Å². The molecule has 0 saturated carbocycles. The molecule has 1 unspecified atom stereocenters. The van der Waals surface area contributed by atoms with Crippen LogP contribution in [0.1, 0.15) is 74.1 Å². The largest absolute Gasteiger partial charge is 0.381 e. The first-order valence-electron chi connectivity index (χ1n) is 13.1. The lowest BCUT2D eigenvalue weighted by Crippen LogP contribution is -2.60.